The van der Waals surface area contributed by atoms with Crippen molar-refractivity contribution in [3.8, 4) is 0 Å². The van der Waals surface area contributed by atoms with Crippen LogP contribution in [-0.4, -0.2) is 24.0 Å². The number of carbonyl (C=O) groups is 1. The average molecular weight is 284 g/mol. The second-order valence-corrected chi connectivity index (χ2v) is 5.00. The van der Waals surface area contributed by atoms with E-state index < -0.39 is 0 Å². The van der Waals surface area contributed by atoms with E-state index in [2.05, 4.69) is 15.6 Å². The normalized spacial score (nSPS) is 10.2. The summed E-state index contributed by atoms with van der Waals surface area (Å²) >= 11 is 0. The minimum atomic E-state index is -0.0818. The highest BCUT2D eigenvalue weighted by molar-refractivity contribution is 5.94. The largest absolute Gasteiger partial charge is 0.396 e. The second-order valence-electron chi connectivity index (χ2n) is 5.00. The number of hydrogen-bond acceptors (Lipinski definition) is 4. The predicted octanol–water partition coefficient (Wildman–Crippen LogP) is 2.12. The minimum absolute atomic E-state index is 0.0818. The van der Waals surface area contributed by atoms with Crippen molar-refractivity contribution in [1.82, 2.24) is 10.3 Å². The summed E-state index contributed by atoms with van der Waals surface area (Å²) in [7, 11) is 0. The summed E-state index contributed by atoms with van der Waals surface area (Å²) in [6.45, 7) is 5.00. The standard InChI is InChI=1S/C16H20N4O/c1-11-3-5-13(6-4-11)16(21)19-8-7-18-15-14(17)9-12(2)10-20-15/h3-6,9-10H,7-8,17H2,1-2H3,(H,18,20)(H,19,21). The van der Waals surface area contributed by atoms with Crippen molar-refractivity contribution in [1.29, 1.82) is 0 Å². The lowest BCUT2D eigenvalue weighted by molar-refractivity contribution is 0.0955. The van der Waals surface area contributed by atoms with Crippen LogP contribution >= 0.6 is 0 Å². The summed E-state index contributed by atoms with van der Waals surface area (Å²) in [5, 5.41) is 5.95. The molecule has 110 valence electrons. The van der Waals surface area contributed by atoms with Gasteiger partial charge in [-0.3, -0.25) is 4.79 Å². The topological polar surface area (TPSA) is 80.0 Å². The van der Waals surface area contributed by atoms with Gasteiger partial charge in [0.1, 0.15) is 5.82 Å². The molecule has 1 heterocycles. The van der Waals surface area contributed by atoms with Gasteiger partial charge in [0.15, 0.2) is 0 Å². The molecule has 5 heteroatoms. The highest BCUT2D eigenvalue weighted by Crippen LogP contribution is 2.14. The molecule has 21 heavy (non-hydrogen) atoms. The maximum Gasteiger partial charge on any atom is 0.251 e. The SMILES string of the molecule is Cc1ccc(C(=O)NCCNc2ncc(C)cc2N)cc1. The van der Waals surface area contributed by atoms with Crippen LogP contribution in [0.1, 0.15) is 21.5 Å². The van der Waals surface area contributed by atoms with Crippen molar-refractivity contribution in [3.63, 3.8) is 0 Å². The molecule has 0 fully saturated rings. The van der Waals surface area contributed by atoms with Gasteiger partial charge in [0.2, 0.25) is 0 Å². The Balaban J connectivity index is 1.79. The molecule has 0 radical (unpaired) electrons. The van der Waals surface area contributed by atoms with Gasteiger partial charge in [0, 0.05) is 24.8 Å². The van der Waals surface area contributed by atoms with Crippen LogP contribution in [0, 0.1) is 13.8 Å². The summed E-state index contributed by atoms with van der Waals surface area (Å²) in [6.07, 6.45) is 1.75. The molecule has 1 aromatic heterocycles. The Kier molecular flexibility index (Phi) is 4.77. The van der Waals surface area contributed by atoms with Crippen molar-refractivity contribution < 1.29 is 4.79 Å². The minimum Gasteiger partial charge on any atom is -0.396 e. The Hall–Kier alpha value is -2.56. The third-order valence-corrected chi connectivity index (χ3v) is 3.07. The molecule has 1 aromatic carbocycles. The van der Waals surface area contributed by atoms with Gasteiger partial charge >= 0.3 is 0 Å². The van der Waals surface area contributed by atoms with Crippen molar-refractivity contribution in [2.24, 2.45) is 0 Å². The number of anilines is 2. The number of aromatic nitrogens is 1. The Morgan fingerprint density at radius 1 is 1.14 bits per heavy atom. The molecule has 2 aromatic rings. The first-order chi connectivity index (χ1) is 10.1. The zero-order chi connectivity index (χ0) is 15.2. The number of carbonyl (C=O) groups excluding carboxylic acids is 1. The van der Waals surface area contributed by atoms with E-state index in [0.717, 1.165) is 11.1 Å². The highest BCUT2D eigenvalue weighted by Gasteiger charge is 2.04. The number of amides is 1. The number of pyridine rings is 1. The maximum atomic E-state index is 11.9. The number of rotatable bonds is 5. The Morgan fingerprint density at radius 3 is 2.52 bits per heavy atom. The molecule has 0 aliphatic carbocycles. The second kappa shape index (κ2) is 6.74. The predicted molar refractivity (Wildman–Crippen MR) is 85.4 cm³/mol. The van der Waals surface area contributed by atoms with E-state index >= 15 is 0 Å². The van der Waals surface area contributed by atoms with Crippen LogP contribution in [0.15, 0.2) is 36.5 Å². The number of nitrogen functional groups attached to an aromatic ring is 1. The Labute approximate surface area is 124 Å². The number of nitrogens with one attached hydrogen (secondary N) is 2. The quantitative estimate of drug-likeness (QED) is 0.735. The van der Waals surface area contributed by atoms with Crippen molar-refractivity contribution in [3.05, 3.63) is 53.2 Å². The molecule has 0 aliphatic heterocycles. The molecular weight excluding hydrogens is 264 g/mol. The van der Waals surface area contributed by atoms with Crippen molar-refractivity contribution in [2.45, 2.75) is 13.8 Å². The fraction of sp³-hybridized carbons (Fsp3) is 0.250. The molecule has 0 saturated heterocycles. The van der Waals surface area contributed by atoms with Crippen LogP contribution in [0.3, 0.4) is 0 Å². The molecule has 2 rings (SSSR count). The number of nitrogens with zero attached hydrogens (tertiary/aromatic N) is 1. The summed E-state index contributed by atoms with van der Waals surface area (Å²) in [6, 6.07) is 9.34. The summed E-state index contributed by atoms with van der Waals surface area (Å²) in [5.41, 5.74) is 9.28. The summed E-state index contributed by atoms with van der Waals surface area (Å²) in [4.78, 5) is 16.1. The van der Waals surface area contributed by atoms with Crippen LogP contribution in [0.2, 0.25) is 0 Å². The van der Waals surface area contributed by atoms with Crippen molar-refractivity contribution >= 4 is 17.4 Å². The Morgan fingerprint density at radius 2 is 1.86 bits per heavy atom. The monoisotopic (exact) mass is 284 g/mol. The molecule has 0 saturated carbocycles. The van der Waals surface area contributed by atoms with E-state index in [0.29, 0.717) is 30.2 Å². The summed E-state index contributed by atoms with van der Waals surface area (Å²) < 4.78 is 0. The first-order valence-electron chi connectivity index (χ1n) is 6.87. The van der Waals surface area contributed by atoms with E-state index in [9.17, 15) is 4.79 Å². The number of benzene rings is 1. The van der Waals surface area contributed by atoms with Crippen molar-refractivity contribution in [2.75, 3.05) is 24.1 Å². The fourth-order valence-corrected chi connectivity index (χ4v) is 1.90. The highest BCUT2D eigenvalue weighted by atomic mass is 16.1. The van der Waals surface area contributed by atoms with E-state index in [1.165, 1.54) is 0 Å². The van der Waals surface area contributed by atoms with Gasteiger partial charge in [-0.05, 0) is 37.6 Å². The third kappa shape index (κ3) is 4.21. The molecule has 0 aliphatic rings. The van der Waals surface area contributed by atoms with Crippen LogP contribution < -0.4 is 16.4 Å². The van der Waals surface area contributed by atoms with E-state index in [-0.39, 0.29) is 5.91 Å². The van der Waals surface area contributed by atoms with Gasteiger partial charge < -0.3 is 16.4 Å². The molecule has 4 N–H and O–H groups in total. The number of hydrogen-bond donors (Lipinski definition) is 3. The van der Waals surface area contributed by atoms with Crippen LogP contribution in [0.5, 0.6) is 0 Å². The summed E-state index contributed by atoms with van der Waals surface area (Å²) in [5.74, 6) is 0.562. The Bertz CT molecular complexity index is 623. The van der Waals surface area contributed by atoms with Crippen LogP contribution in [0.25, 0.3) is 0 Å². The van der Waals surface area contributed by atoms with Gasteiger partial charge in [-0.15, -0.1) is 0 Å². The molecule has 0 unspecified atom stereocenters. The lowest BCUT2D eigenvalue weighted by Gasteiger charge is -2.10. The molecule has 0 atom stereocenters. The zero-order valence-electron chi connectivity index (χ0n) is 12.3. The number of nitrogens with two attached hydrogens (primary N) is 1. The van der Waals surface area contributed by atoms with Crippen LogP contribution in [0.4, 0.5) is 11.5 Å². The van der Waals surface area contributed by atoms with Gasteiger partial charge in [0.25, 0.3) is 5.91 Å². The third-order valence-electron chi connectivity index (χ3n) is 3.07. The van der Waals surface area contributed by atoms with Gasteiger partial charge in [-0.1, -0.05) is 17.7 Å². The lowest BCUT2D eigenvalue weighted by atomic mass is 10.1. The lowest BCUT2D eigenvalue weighted by Crippen LogP contribution is -2.29. The first kappa shape index (κ1) is 14.8. The fourth-order valence-electron chi connectivity index (χ4n) is 1.90. The van der Waals surface area contributed by atoms with E-state index in [1.807, 2.05) is 44.2 Å². The van der Waals surface area contributed by atoms with Gasteiger partial charge in [-0.2, -0.15) is 0 Å². The van der Waals surface area contributed by atoms with Gasteiger partial charge in [-0.25, -0.2) is 4.98 Å². The molecule has 0 spiro atoms. The zero-order valence-corrected chi connectivity index (χ0v) is 12.3. The van der Waals surface area contributed by atoms with E-state index in [1.54, 1.807) is 6.20 Å². The molecular formula is C16H20N4O. The van der Waals surface area contributed by atoms with Gasteiger partial charge in [0.05, 0.1) is 5.69 Å². The smallest absolute Gasteiger partial charge is 0.251 e. The maximum absolute atomic E-state index is 11.9. The average Bonchev–Trinajstić information content (AvgIpc) is 2.46. The first-order valence-corrected chi connectivity index (χ1v) is 6.87. The van der Waals surface area contributed by atoms with Crippen LogP contribution in [-0.2, 0) is 0 Å². The number of aryl methyl sites for hydroxylation is 2. The molecule has 0 bridgehead atoms. The van der Waals surface area contributed by atoms with E-state index in [4.69, 9.17) is 5.73 Å². The molecule has 5 nitrogen and oxygen atoms in total. The molecule has 1 amide bonds.